The van der Waals surface area contributed by atoms with E-state index in [1.54, 1.807) is 7.11 Å². The molecular weight excluding hydrogens is 246 g/mol. The minimum atomic E-state index is -0.185. The van der Waals surface area contributed by atoms with Crippen LogP contribution in [0.2, 0.25) is 0 Å². The van der Waals surface area contributed by atoms with Crippen molar-refractivity contribution in [3.8, 4) is 0 Å². The molecule has 0 saturated carbocycles. The Morgan fingerprint density at radius 2 is 2.58 bits per heavy atom. The van der Waals surface area contributed by atoms with Crippen LogP contribution in [0.25, 0.3) is 0 Å². The van der Waals surface area contributed by atoms with Crippen molar-refractivity contribution in [1.82, 2.24) is 15.6 Å². The zero-order chi connectivity index (χ0) is 13.5. The quantitative estimate of drug-likeness (QED) is 0.749. The summed E-state index contributed by atoms with van der Waals surface area (Å²) >= 11 is 0. The zero-order valence-electron chi connectivity index (χ0n) is 11.3. The molecule has 1 aliphatic heterocycles. The molecule has 2 heterocycles. The highest BCUT2D eigenvalue weighted by Crippen LogP contribution is 2.22. The van der Waals surface area contributed by atoms with E-state index in [1.807, 2.05) is 0 Å². The van der Waals surface area contributed by atoms with Crippen molar-refractivity contribution < 1.29 is 13.9 Å². The van der Waals surface area contributed by atoms with Crippen LogP contribution in [0.4, 0.5) is 0 Å². The Balaban J connectivity index is 1.83. The lowest BCUT2D eigenvalue weighted by molar-refractivity contribution is 0.0943. The molecule has 0 spiro atoms. The number of nitrogens with one attached hydrogen (secondary N) is 2. The van der Waals surface area contributed by atoms with Crippen LogP contribution in [0.15, 0.2) is 10.7 Å². The molecule has 1 amide bonds. The Hall–Kier alpha value is -1.40. The molecule has 0 radical (unpaired) electrons. The van der Waals surface area contributed by atoms with Crippen molar-refractivity contribution in [2.45, 2.75) is 25.2 Å². The van der Waals surface area contributed by atoms with Crippen molar-refractivity contribution >= 4 is 5.91 Å². The number of hydrogen-bond donors (Lipinski definition) is 2. The lowest BCUT2D eigenvalue weighted by Crippen LogP contribution is -2.29. The van der Waals surface area contributed by atoms with Crippen LogP contribution in [0.3, 0.4) is 0 Å². The van der Waals surface area contributed by atoms with Gasteiger partial charge in [0.25, 0.3) is 5.91 Å². The second-order valence-corrected chi connectivity index (χ2v) is 4.72. The summed E-state index contributed by atoms with van der Waals surface area (Å²) in [6.45, 7) is 3.14. The molecule has 2 rings (SSSR count). The van der Waals surface area contributed by atoms with E-state index in [0.717, 1.165) is 32.4 Å². The van der Waals surface area contributed by atoms with E-state index >= 15 is 0 Å². The minimum absolute atomic E-state index is 0.185. The van der Waals surface area contributed by atoms with Crippen LogP contribution in [-0.2, 0) is 4.74 Å². The Bertz CT molecular complexity index is 400. The number of hydrogen-bond acceptors (Lipinski definition) is 5. The van der Waals surface area contributed by atoms with E-state index in [-0.39, 0.29) is 11.8 Å². The Morgan fingerprint density at radius 1 is 1.68 bits per heavy atom. The number of aromatic nitrogens is 1. The topological polar surface area (TPSA) is 76.4 Å². The van der Waals surface area contributed by atoms with E-state index in [1.165, 1.54) is 6.26 Å². The van der Waals surface area contributed by atoms with Crippen LogP contribution >= 0.6 is 0 Å². The number of nitrogens with zero attached hydrogens (tertiary/aromatic N) is 1. The van der Waals surface area contributed by atoms with Crippen LogP contribution < -0.4 is 10.6 Å². The molecule has 1 fully saturated rings. The van der Waals surface area contributed by atoms with Crippen LogP contribution in [0.1, 0.15) is 41.6 Å². The van der Waals surface area contributed by atoms with E-state index < -0.39 is 0 Å². The molecular formula is C13H21N3O3. The highest BCUT2D eigenvalue weighted by Gasteiger charge is 2.21. The van der Waals surface area contributed by atoms with Gasteiger partial charge in [-0.1, -0.05) is 0 Å². The van der Waals surface area contributed by atoms with Crippen molar-refractivity contribution in [1.29, 1.82) is 0 Å². The van der Waals surface area contributed by atoms with E-state index in [9.17, 15) is 4.79 Å². The van der Waals surface area contributed by atoms with Crippen molar-refractivity contribution in [3.05, 3.63) is 17.8 Å². The normalized spacial score (nSPS) is 19.3. The molecule has 0 aromatic carbocycles. The lowest BCUT2D eigenvalue weighted by atomic mass is 10.00. The summed E-state index contributed by atoms with van der Waals surface area (Å²) in [5.74, 6) is 0.757. The number of rotatable bonds is 6. The maximum absolute atomic E-state index is 11.8. The number of methoxy groups -OCH3 is 1. The second-order valence-electron chi connectivity index (χ2n) is 4.72. The minimum Gasteiger partial charge on any atom is -0.448 e. The van der Waals surface area contributed by atoms with Crippen molar-refractivity contribution in [3.63, 3.8) is 0 Å². The van der Waals surface area contributed by atoms with Gasteiger partial charge in [0.15, 0.2) is 11.6 Å². The van der Waals surface area contributed by atoms with E-state index in [2.05, 4.69) is 15.6 Å². The highest BCUT2D eigenvalue weighted by atomic mass is 16.5. The molecule has 1 aromatic rings. The number of carbonyl (C=O) groups excluding carboxylic acids is 1. The smallest absolute Gasteiger partial charge is 0.273 e. The summed E-state index contributed by atoms with van der Waals surface area (Å²) < 4.78 is 10.3. The van der Waals surface area contributed by atoms with Gasteiger partial charge in [-0.25, -0.2) is 4.98 Å². The molecule has 1 aliphatic rings. The third kappa shape index (κ3) is 4.04. The Labute approximate surface area is 112 Å². The molecule has 2 N–H and O–H groups in total. The van der Waals surface area contributed by atoms with Crippen molar-refractivity contribution in [2.24, 2.45) is 0 Å². The lowest BCUT2D eigenvalue weighted by Gasteiger charge is -2.19. The summed E-state index contributed by atoms with van der Waals surface area (Å²) in [5.41, 5.74) is 0.359. The molecule has 6 nitrogen and oxygen atoms in total. The van der Waals surface area contributed by atoms with Gasteiger partial charge in [-0.05, 0) is 25.8 Å². The first kappa shape index (κ1) is 14.0. The monoisotopic (exact) mass is 267 g/mol. The van der Waals surface area contributed by atoms with Gasteiger partial charge in [-0.2, -0.15) is 0 Å². The largest absolute Gasteiger partial charge is 0.448 e. The van der Waals surface area contributed by atoms with Gasteiger partial charge >= 0.3 is 0 Å². The fourth-order valence-electron chi connectivity index (χ4n) is 2.15. The van der Waals surface area contributed by atoms with Crippen LogP contribution in [-0.4, -0.2) is 44.2 Å². The van der Waals surface area contributed by atoms with Gasteiger partial charge in [-0.3, -0.25) is 4.79 Å². The van der Waals surface area contributed by atoms with E-state index in [4.69, 9.17) is 9.15 Å². The van der Waals surface area contributed by atoms with Crippen molar-refractivity contribution in [2.75, 3.05) is 33.4 Å². The van der Waals surface area contributed by atoms with Crippen LogP contribution in [0.5, 0.6) is 0 Å². The SMILES string of the molecule is COCCCNC(=O)c1coc(C2CCCNC2)n1. The maximum atomic E-state index is 11.8. The molecule has 106 valence electrons. The summed E-state index contributed by atoms with van der Waals surface area (Å²) in [7, 11) is 1.64. The third-order valence-corrected chi connectivity index (χ3v) is 3.21. The first-order valence-corrected chi connectivity index (χ1v) is 6.74. The predicted octanol–water partition coefficient (Wildman–Crippen LogP) is 0.908. The van der Waals surface area contributed by atoms with Gasteiger partial charge < -0.3 is 19.8 Å². The molecule has 6 heteroatoms. The highest BCUT2D eigenvalue weighted by molar-refractivity contribution is 5.91. The predicted molar refractivity (Wildman–Crippen MR) is 70.2 cm³/mol. The zero-order valence-corrected chi connectivity index (χ0v) is 11.3. The average Bonchev–Trinajstić information content (AvgIpc) is 2.94. The average molecular weight is 267 g/mol. The Kier molecular flexibility index (Phi) is 5.35. The van der Waals surface area contributed by atoms with Gasteiger partial charge in [0.05, 0.1) is 0 Å². The summed E-state index contributed by atoms with van der Waals surface area (Å²) in [6, 6.07) is 0. The second kappa shape index (κ2) is 7.25. The number of oxazole rings is 1. The first-order valence-electron chi connectivity index (χ1n) is 6.74. The summed E-state index contributed by atoms with van der Waals surface area (Å²) in [5, 5.41) is 6.10. The molecule has 19 heavy (non-hydrogen) atoms. The van der Waals surface area contributed by atoms with Gasteiger partial charge in [-0.15, -0.1) is 0 Å². The number of amides is 1. The molecule has 0 aliphatic carbocycles. The molecule has 1 aromatic heterocycles. The maximum Gasteiger partial charge on any atom is 0.273 e. The van der Waals surface area contributed by atoms with E-state index in [0.29, 0.717) is 24.7 Å². The molecule has 1 unspecified atom stereocenters. The molecule has 0 bridgehead atoms. The fourth-order valence-corrected chi connectivity index (χ4v) is 2.15. The molecule has 1 atom stereocenters. The molecule has 1 saturated heterocycles. The van der Waals surface area contributed by atoms with Crippen LogP contribution in [0, 0.1) is 0 Å². The fraction of sp³-hybridized carbons (Fsp3) is 0.692. The number of ether oxygens (including phenoxy) is 1. The first-order chi connectivity index (χ1) is 9.31. The number of piperidine rings is 1. The van der Waals surface area contributed by atoms with Gasteiger partial charge in [0.2, 0.25) is 0 Å². The Morgan fingerprint density at radius 3 is 3.32 bits per heavy atom. The number of carbonyl (C=O) groups is 1. The third-order valence-electron chi connectivity index (χ3n) is 3.21. The summed E-state index contributed by atoms with van der Waals surface area (Å²) in [4.78, 5) is 16.1. The van der Waals surface area contributed by atoms with Gasteiger partial charge in [0, 0.05) is 32.7 Å². The summed E-state index contributed by atoms with van der Waals surface area (Å²) in [6.07, 6.45) is 4.41. The van der Waals surface area contributed by atoms with Gasteiger partial charge in [0.1, 0.15) is 6.26 Å². The standard InChI is InChI=1S/C13H21N3O3/c1-18-7-3-6-15-12(17)11-9-19-13(16-11)10-4-2-5-14-8-10/h9-10,14H,2-8H2,1H3,(H,15,17).